The Balaban J connectivity index is 1.29. The molecule has 2 N–H and O–H groups in total. The Kier molecular flexibility index (Phi) is 6.77. The van der Waals surface area contributed by atoms with Gasteiger partial charge in [0.05, 0.1) is 17.8 Å². The van der Waals surface area contributed by atoms with Gasteiger partial charge in [0.25, 0.3) is 0 Å². The summed E-state index contributed by atoms with van der Waals surface area (Å²) >= 11 is 5.78. The van der Waals surface area contributed by atoms with Crippen LogP contribution in [0.1, 0.15) is 29.9 Å². The third-order valence-electron chi connectivity index (χ3n) is 7.01. The largest absolute Gasteiger partial charge is 0.352 e. The third-order valence-corrected chi connectivity index (χ3v) is 7.36. The molecule has 0 saturated carbocycles. The predicted molar refractivity (Wildman–Crippen MR) is 155 cm³/mol. The minimum atomic E-state index is -0.310. The number of hydrogen-bond acceptors (Lipinski definition) is 3. The molecule has 1 fully saturated rings. The van der Waals surface area contributed by atoms with Gasteiger partial charge in [0.1, 0.15) is 5.82 Å². The Bertz CT molecular complexity index is 1650. The molecule has 2 atom stereocenters. The lowest BCUT2D eigenvalue weighted by Crippen LogP contribution is -2.33. The molecule has 8 heteroatoms. The fraction of sp³-hybridized carbons (Fsp3) is 0.129. The van der Waals surface area contributed by atoms with Gasteiger partial charge >= 0.3 is 0 Å². The number of amides is 1. The highest BCUT2D eigenvalue weighted by Gasteiger charge is 2.41. The normalized spacial score (nSPS) is 16.8. The van der Waals surface area contributed by atoms with Crippen LogP contribution in [0.2, 0.25) is 0 Å². The van der Waals surface area contributed by atoms with Gasteiger partial charge in [0.15, 0.2) is 5.11 Å². The molecular weight excluding hydrogens is 509 g/mol. The van der Waals surface area contributed by atoms with E-state index in [1.54, 1.807) is 12.3 Å². The predicted octanol–water partition coefficient (Wildman–Crippen LogP) is 6.17. The maximum absolute atomic E-state index is 14.1. The molecule has 3 heterocycles. The highest BCUT2D eigenvalue weighted by Crippen LogP contribution is 2.39. The van der Waals surface area contributed by atoms with Gasteiger partial charge < -0.3 is 20.1 Å². The van der Waals surface area contributed by atoms with Crippen molar-refractivity contribution in [3.8, 4) is 5.69 Å². The van der Waals surface area contributed by atoms with Crippen LogP contribution in [-0.2, 0) is 4.79 Å². The number of aromatic nitrogens is 2. The van der Waals surface area contributed by atoms with Gasteiger partial charge in [-0.25, -0.2) is 4.39 Å². The summed E-state index contributed by atoms with van der Waals surface area (Å²) in [4.78, 5) is 19.7. The zero-order chi connectivity index (χ0) is 26.8. The quantitative estimate of drug-likeness (QED) is 0.244. The van der Waals surface area contributed by atoms with E-state index in [-0.39, 0.29) is 30.2 Å². The van der Waals surface area contributed by atoms with Crippen LogP contribution in [0.25, 0.3) is 16.5 Å². The maximum Gasteiger partial charge on any atom is 0.226 e. The zero-order valence-electron chi connectivity index (χ0n) is 21.0. The minimum Gasteiger partial charge on any atom is -0.352 e. The number of thiocarbonyl (C=S) groups is 1. The maximum atomic E-state index is 14.1. The molecule has 0 spiro atoms. The monoisotopic (exact) mass is 535 g/mol. The summed E-state index contributed by atoms with van der Waals surface area (Å²) in [7, 11) is 0. The average molecular weight is 536 g/mol. The van der Waals surface area contributed by atoms with Gasteiger partial charge in [-0.3, -0.25) is 9.78 Å². The summed E-state index contributed by atoms with van der Waals surface area (Å²) in [5, 5.41) is 9.10. The Labute approximate surface area is 231 Å². The molecule has 5 aromatic rings. The van der Waals surface area contributed by atoms with Crippen LogP contribution in [0.5, 0.6) is 0 Å². The lowest BCUT2D eigenvalue weighted by molar-refractivity contribution is -0.116. The number of carbonyl (C=O) groups is 1. The Morgan fingerprint density at radius 2 is 1.79 bits per heavy atom. The highest BCUT2D eigenvalue weighted by molar-refractivity contribution is 7.80. The molecule has 1 amide bonds. The SMILES string of the molecule is O=C(CCN1C(=S)N[C@H](c2ccccn2)[C@@H]1c1cccn1-c1cccc(F)c1)Nc1cccc2ccccc12. The number of halogens is 1. The molecule has 0 radical (unpaired) electrons. The number of anilines is 1. The zero-order valence-corrected chi connectivity index (χ0v) is 21.8. The van der Waals surface area contributed by atoms with Crippen LogP contribution >= 0.6 is 12.2 Å². The number of hydrogen-bond donors (Lipinski definition) is 2. The summed E-state index contributed by atoms with van der Waals surface area (Å²) < 4.78 is 16.1. The first kappa shape index (κ1) is 24.8. The molecule has 194 valence electrons. The fourth-order valence-corrected chi connectivity index (χ4v) is 5.57. The van der Waals surface area contributed by atoms with Gasteiger partial charge in [0, 0.05) is 47.8 Å². The van der Waals surface area contributed by atoms with Crippen molar-refractivity contribution in [3.05, 3.63) is 127 Å². The molecule has 6 rings (SSSR count). The Morgan fingerprint density at radius 3 is 2.64 bits per heavy atom. The smallest absolute Gasteiger partial charge is 0.226 e. The van der Waals surface area contributed by atoms with Crippen LogP contribution in [0, 0.1) is 5.82 Å². The van der Waals surface area contributed by atoms with Crippen LogP contribution in [0.4, 0.5) is 10.1 Å². The highest BCUT2D eigenvalue weighted by atomic mass is 32.1. The average Bonchev–Trinajstić information content (AvgIpc) is 3.57. The topological polar surface area (TPSA) is 62.2 Å². The number of nitrogens with zero attached hydrogens (tertiary/aromatic N) is 3. The van der Waals surface area contributed by atoms with Crippen molar-refractivity contribution in [1.29, 1.82) is 0 Å². The van der Waals surface area contributed by atoms with Crippen LogP contribution < -0.4 is 10.6 Å². The summed E-state index contributed by atoms with van der Waals surface area (Å²) in [6.07, 6.45) is 3.90. The molecule has 0 bridgehead atoms. The van der Waals surface area contributed by atoms with Crippen molar-refractivity contribution >= 4 is 39.7 Å². The van der Waals surface area contributed by atoms with E-state index in [1.165, 1.54) is 12.1 Å². The van der Waals surface area contributed by atoms with Crippen molar-refractivity contribution in [2.24, 2.45) is 0 Å². The van der Waals surface area contributed by atoms with Crippen molar-refractivity contribution in [1.82, 2.24) is 19.8 Å². The number of pyridine rings is 1. The summed E-state index contributed by atoms with van der Waals surface area (Å²) in [5.74, 6) is -0.412. The molecule has 0 unspecified atom stereocenters. The minimum absolute atomic E-state index is 0.102. The third kappa shape index (κ3) is 4.98. The first-order valence-corrected chi connectivity index (χ1v) is 13.2. The summed E-state index contributed by atoms with van der Waals surface area (Å²) in [6.45, 7) is 0.394. The van der Waals surface area contributed by atoms with E-state index in [4.69, 9.17) is 12.2 Å². The van der Waals surface area contributed by atoms with E-state index in [0.29, 0.717) is 17.3 Å². The second kappa shape index (κ2) is 10.7. The number of carbonyl (C=O) groups excluding carboxylic acids is 1. The molecule has 6 nitrogen and oxygen atoms in total. The van der Waals surface area contributed by atoms with Gasteiger partial charge in [-0.2, -0.15) is 0 Å². The molecule has 1 aliphatic rings. The Morgan fingerprint density at radius 1 is 0.974 bits per heavy atom. The number of nitrogens with one attached hydrogen (secondary N) is 2. The first-order chi connectivity index (χ1) is 19.1. The van der Waals surface area contributed by atoms with Crippen LogP contribution in [0.15, 0.2) is 109 Å². The lowest BCUT2D eigenvalue weighted by Gasteiger charge is -2.29. The second-order valence-corrected chi connectivity index (χ2v) is 9.81. The molecule has 1 saturated heterocycles. The van der Waals surface area contributed by atoms with Gasteiger partial charge in [-0.05, 0) is 66.1 Å². The van der Waals surface area contributed by atoms with Crippen LogP contribution in [-0.4, -0.2) is 32.0 Å². The molecule has 39 heavy (non-hydrogen) atoms. The molecule has 2 aromatic heterocycles. The summed E-state index contributed by atoms with van der Waals surface area (Å²) in [6, 6.07) is 29.5. The van der Waals surface area contributed by atoms with E-state index >= 15 is 0 Å². The van der Waals surface area contributed by atoms with E-state index in [2.05, 4.69) is 15.6 Å². The Hall–Kier alpha value is -4.56. The van der Waals surface area contributed by atoms with Crippen molar-refractivity contribution in [3.63, 3.8) is 0 Å². The van der Waals surface area contributed by atoms with Crippen molar-refractivity contribution in [2.45, 2.75) is 18.5 Å². The molecule has 1 aliphatic heterocycles. The van der Waals surface area contributed by atoms with E-state index < -0.39 is 0 Å². The van der Waals surface area contributed by atoms with Crippen LogP contribution in [0.3, 0.4) is 0 Å². The van der Waals surface area contributed by atoms with Gasteiger partial charge in [-0.1, -0.05) is 48.5 Å². The van der Waals surface area contributed by atoms with E-state index in [9.17, 15) is 9.18 Å². The molecule has 3 aromatic carbocycles. The van der Waals surface area contributed by atoms with Gasteiger partial charge in [0.2, 0.25) is 5.91 Å². The lowest BCUT2D eigenvalue weighted by atomic mass is 10.0. The standard InChI is InChI=1S/C31H26FN5OS/c32-22-10-6-11-23(20-22)36-18-7-15-27(36)30-29(26-13-3-4-17-33-26)35-31(39)37(30)19-16-28(38)34-25-14-5-9-21-8-1-2-12-24(21)25/h1-15,17-18,20,29-30H,16,19H2,(H,34,38)(H,35,39)/t29-,30+/m1/s1. The first-order valence-electron chi connectivity index (χ1n) is 12.8. The van der Waals surface area contributed by atoms with E-state index in [0.717, 1.165) is 27.8 Å². The number of rotatable bonds is 7. The second-order valence-electron chi connectivity index (χ2n) is 9.43. The fourth-order valence-electron chi connectivity index (χ4n) is 5.23. The summed E-state index contributed by atoms with van der Waals surface area (Å²) in [5.41, 5.74) is 3.24. The number of benzene rings is 3. The van der Waals surface area contributed by atoms with E-state index in [1.807, 2.05) is 94.5 Å². The number of fused-ring (bicyclic) bond motifs is 1. The molecular formula is C31H26FN5OS. The van der Waals surface area contributed by atoms with Gasteiger partial charge in [-0.15, -0.1) is 0 Å². The van der Waals surface area contributed by atoms with Crippen molar-refractivity contribution < 1.29 is 9.18 Å². The molecule has 0 aliphatic carbocycles. The van der Waals surface area contributed by atoms with Crippen molar-refractivity contribution in [2.75, 3.05) is 11.9 Å².